The monoisotopic (exact) mass is 325 g/mol. The third-order valence-corrected chi connectivity index (χ3v) is 6.31. The maximum atomic E-state index is 6.49. The third-order valence-electron chi connectivity index (χ3n) is 4.37. The van der Waals surface area contributed by atoms with Crippen molar-refractivity contribution in [1.29, 1.82) is 0 Å². The number of halogens is 1. The summed E-state index contributed by atoms with van der Waals surface area (Å²) in [6.07, 6.45) is 13.2. The van der Waals surface area contributed by atoms with Gasteiger partial charge in [-0.3, -0.25) is 0 Å². The van der Waals surface area contributed by atoms with Crippen LogP contribution in [-0.4, -0.2) is 11.3 Å². The first-order valence-corrected chi connectivity index (χ1v) is 9.70. The number of hydrogen-bond acceptors (Lipinski definition) is 2. The Morgan fingerprint density at radius 3 is 2.10 bits per heavy atom. The van der Waals surface area contributed by atoms with Crippen LogP contribution in [0, 0.1) is 0 Å². The summed E-state index contributed by atoms with van der Waals surface area (Å²) in [4.78, 5) is 1.19. The van der Waals surface area contributed by atoms with Crippen LogP contribution in [0.25, 0.3) is 0 Å². The Morgan fingerprint density at radius 2 is 1.43 bits per heavy atom. The molecule has 0 aromatic heterocycles. The number of thioether (sulfide) groups is 1. The van der Waals surface area contributed by atoms with E-state index in [2.05, 4.69) is 12.1 Å². The van der Waals surface area contributed by atoms with Crippen molar-refractivity contribution >= 4 is 23.4 Å². The molecule has 0 saturated heterocycles. The molecule has 0 bridgehead atoms. The molecule has 0 radical (unpaired) electrons. The molecule has 2 unspecified atom stereocenters. The third kappa shape index (κ3) is 6.22. The number of benzene rings is 1. The smallest absolute Gasteiger partial charge is 0.0541 e. The fourth-order valence-electron chi connectivity index (χ4n) is 3.04. The van der Waals surface area contributed by atoms with E-state index in [1.807, 2.05) is 23.9 Å². The van der Waals surface area contributed by atoms with Gasteiger partial charge >= 0.3 is 0 Å². The Kier molecular flexibility index (Phi) is 7.98. The quantitative estimate of drug-likeness (QED) is 0.717. The van der Waals surface area contributed by atoms with E-state index in [9.17, 15) is 0 Å². The Bertz CT molecular complexity index is 410. The zero-order valence-corrected chi connectivity index (χ0v) is 14.5. The van der Waals surface area contributed by atoms with Crippen LogP contribution in [-0.2, 0) is 0 Å². The van der Waals surface area contributed by atoms with E-state index in [0.29, 0.717) is 11.3 Å². The molecule has 1 fully saturated rings. The maximum Gasteiger partial charge on any atom is 0.0541 e. The molecule has 1 aliphatic carbocycles. The minimum absolute atomic E-state index is 0.297. The zero-order valence-electron chi connectivity index (χ0n) is 12.9. The molecule has 2 atom stereocenters. The second-order valence-electron chi connectivity index (χ2n) is 6.16. The lowest BCUT2D eigenvalue weighted by Gasteiger charge is -2.24. The van der Waals surface area contributed by atoms with Gasteiger partial charge in [0.2, 0.25) is 0 Å². The maximum absolute atomic E-state index is 6.49. The van der Waals surface area contributed by atoms with E-state index in [0.717, 1.165) is 11.4 Å². The van der Waals surface area contributed by atoms with Crippen molar-refractivity contribution in [3.05, 3.63) is 29.3 Å². The summed E-state index contributed by atoms with van der Waals surface area (Å²) in [5.74, 6) is 0. The lowest BCUT2D eigenvalue weighted by Crippen LogP contribution is -2.32. The molecule has 0 spiro atoms. The molecule has 2 N–H and O–H groups in total. The largest absolute Gasteiger partial charge is 0.327 e. The summed E-state index contributed by atoms with van der Waals surface area (Å²) >= 11 is 8.20. The van der Waals surface area contributed by atoms with E-state index in [1.54, 1.807) is 0 Å². The predicted octanol–water partition coefficient (Wildman–Crippen LogP) is 6.04. The molecule has 3 heteroatoms. The SMILES string of the molecule is NC1CCCCCCCCCCC1Sc1ccccc1Cl. The molecule has 0 heterocycles. The second kappa shape index (κ2) is 9.76. The van der Waals surface area contributed by atoms with Crippen LogP contribution < -0.4 is 5.73 Å². The van der Waals surface area contributed by atoms with Gasteiger partial charge in [0.05, 0.1) is 5.02 Å². The Balaban J connectivity index is 1.96. The van der Waals surface area contributed by atoms with Gasteiger partial charge in [-0.05, 0) is 25.0 Å². The van der Waals surface area contributed by atoms with Crippen molar-refractivity contribution in [1.82, 2.24) is 0 Å². The van der Waals surface area contributed by atoms with Crippen LogP contribution >= 0.6 is 23.4 Å². The summed E-state index contributed by atoms with van der Waals surface area (Å²) < 4.78 is 0. The lowest BCUT2D eigenvalue weighted by molar-refractivity contribution is 0.473. The summed E-state index contributed by atoms with van der Waals surface area (Å²) in [5, 5.41) is 1.37. The molecule has 1 saturated carbocycles. The van der Waals surface area contributed by atoms with Gasteiger partial charge in [-0.25, -0.2) is 0 Å². The van der Waals surface area contributed by atoms with E-state index in [1.165, 1.54) is 62.7 Å². The second-order valence-corrected chi connectivity index (χ2v) is 7.84. The summed E-state index contributed by atoms with van der Waals surface area (Å²) in [7, 11) is 0. The molecule has 0 amide bonds. The van der Waals surface area contributed by atoms with Gasteiger partial charge in [0, 0.05) is 16.2 Å². The van der Waals surface area contributed by atoms with Gasteiger partial charge < -0.3 is 5.73 Å². The standard InChI is InChI=1S/C18H28ClNS/c19-15-11-9-10-13-17(15)21-18-14-8-6-4-2-1-3-5-7-12-16(18)20/h9-11,13,16,18H,1-8,12,14,20H2. The molecular weight excluding hydrogens is 298 g/mol. The normalized spacial score (nSPS) is 25.8. The average Bonchev–Trinajstić information content (AvgIpc) is 2.48. The van der Waals surface area contributed by atoms with Crippen LogP contribution in [0.5, 0.6) is 0 Å². The van der Waals surface area contributed by atoms with Crippen LogP contribution in [0.3, 0.4) is 0 Å². The van der Waals surface area contributed by atoms with E-state index >= 15 is 0 Å². The van der Waals surface area contributed by atoms with Crippen molar-refractivity contribution in [3.63, 3.8) is 0 Å². The predicted molar refractivity (Wildman–Crippen MR) is 95.2 cm³/mol. The highest BCUT2D eigenvalue weighted by molar-refractivity contribution is 8.00. The minimum Gasteiger partial charge on any atom is -0.327 e. The van der Waals surface area contributed by atoms with Crippen LogP contribution in [0.15, 0.2) is 29.2 Å². The van der Waals surface area contributed by atoms with Crippen molar-refractivity contribution < 1.29 is 0 Å². The van der Waals surface area contributed by atoms with Gasteiger partial charge in [0.1, 0.15) is 0 Å². The molecule has 0 aliphatic heterocycles. The Morgan fingerprint density at radius 1 is 0.857 bits per heavy atom. The van der Waals surface area contributed by atoms with E-state index in [4.69, 9.17) is 17.3 Å². The van der Waals surface area contributed by atoms with Gasteiger partial charge in [-0.1, -0.05) is 75.1 Å². The van der Waals surface area contributed by atoms with Gasteiger partial charge in [0.25, 0.3) is 0 Å². The highest BCUT2D eigenvalue weighted by Gasteiger charge is 2.20. The first-order valence-electron chi connectivity index (χ1n) is 8.44. The van der Waals surface area contributed by atoms with Crippen LogP contribution in [0.1, 0.15) is 64.2 Å². The molecule has 2 rings (SSSR count). The summed E-state index contributed by atoms with van der Waals surface area (Å²) in [5.41, 5.74) is 6.49. The fourth-order valence-corrected chi connectivity index (χ4v) is 4.56. The van der Waals surface area contributed by atoms with E-state index in [-0.39, 0.29) is 0 Å². The first kappa shape index (κ1) is 17.2. The van der Waals surface area contributed by atoms with Gasteiger partial charge in [-0.15, -0.1) is 11.8 Å². The van der Waals surface area contributed by atoms with Crippen molar-refractivity contribution in [2.24, 2.45) is 5.73 Å². The number of rotatable bonds is 2. The Hall–Kier alpha value is -0.180. The molecule has 21 heavy (non-hydrogen) atoms. The topological polar surface area (TPSA) is 26.0 Å². The highest BCUT2D eigenvalue weighted by atomic mass is 35.5. The number of nitrogens with two attached hydrogens (primary N) is 1. The first-order chi connectivity index (χ1) is 10.3. The minimum atomic E-state index is 0.297. The molecule has 1 aromatic carbocycles. The highest BCUT2D eigenvalue weighted by Crippen LogP contribution is 2.34. The van der Waals surface area contributed by atoms with Crippen LogP contribution in [0.2, 0.25) is 5.02 Å². The fraction of sp³-hybridized carbons (Fsp3) is 0.667. The molecule has 1 nitrogen and oxygen atoms in total. The number of hydrogen-bond donors (Lipinski definition) is 1. The lowest BCUT2D eigenvalue weighted by atomic mass is 9.98. The van der Waals surface area contributed by atoms with Crippen molar-refractivity contribution in [3.8, 4) is 0 Å². The molecular formula is C18H28ClNS. The van der Waals surface area contributed by atoms with E-state index < -0.39 is 0 Å². The van der Waals surface area contributed by atoms with Crippen LogP contribution in [0.4, 0.5) is 0 Å². The van der Waals surface area contributed by atoms with Gasteiger partial charge in [-0.2, -0.15) is 0 Å². The van der Waals surface area contributed by atoms with Crippen molar-refractivity contribution in [2.45, 2.75) is 80.4 Å². The van der Waals surface area contributed by atoms with Gasteiger partial charge in [0.15, 0.2) is 0 Å². The molecule has 1 aromatic rings. The average molecular weight is 326 g/mol. The Labute approximate surface area is 139 Å². The zero-order chi connectivity index (χ0) is 14.9. The summed E-state index contributed by atoms with van der Waals surface area (Å²) in [6, 6.07) is 8.45. The van der Waals surface area contributed by atoms with Crippen molar-refractivity contribution in [2.75, 3.05) is 0 Å². The molecule has 1 aliphatic rings. The molecule has 118 valence electrons. The summed E-state index contributed by atoms with van der Waals surface area (Å²) in [6.45, 7) is 0.